The van der Waals surface area contributed by atoms with Crippen LogP contribution in [0.1, 0.15) is 20.9 Å². The van der Waals surface area contributed by atoms with Crippen LogP contribution in [0.25, 0.3) is 0 Å². The van der Waals surface area contributed by atoms with Crippen LogP contribution >= 0.6 is 11.8 Å². The Labute approximate surface area is 155 Å². The van der Waals surface area contributed by atoms with E-state index in [2.05, 4.69) is 5.32 Å². The standard InChI is InChI=1S/C20H17NO4S/c1-24-18-9-3-2-8-16(18)17(22)13-26-15-7-4-6-14(12-15)21-20(23)19-10-5-11-25-19/h2-12H,13H2,1H3,(H,21,23). The molecule has 0 atom stereocenters. The van der Waals surface area contributed by atoms with Gasteiger partial charge in [-0.25, -0.2) is 0 Å². The summed E-state index contributed by atoms with van der Waals surface area (Å²) in [5, 5.41) is 2.77. The molecule has 5 nitrogen and oxygen atoms in total. The summed E-state index contributed by atoms with van der Waals surface area (Å²) < 4.78 is 10.3. The van der Waals surface area contributed by atoms with Crippen molar-refractivity contribution in [2.24, 2.45) is 0 Å². The maximum atomic E-state index is 12.4. The summed E-state index contributed by atoms with van der Waals surface area (Å²) in [6, 6.07) is 17.7. The van der Waals surface area contributed by atoms with Gasteiger partial charge < -0.3 is 14.5 Å². The highest BCUT2D eigenvalue weighted by molar-refractivity contribution is 8.00. The second-order valence-electron chi connectivity index (χ2n) is 5.37. The Bertz CT molecular complexity index is 906. The number of anilines is 1. The van der Waals surface area contributed by atoms with Crippen LogP contribution in [0.3, 0.4) is 0 Å². The van der Waals surface area contributed by atoms with Crippen LogP contribution in [0.4, 0.5) is 5.69 Å². The van der Waals surface area contributed by atoms with Gasteiger partial charge in [0.1, 0.15) is 5.75 Å². The molecular weight excluding hydrogens is 350 g/mol. The second-order valence-corrected chi connectivity index (χ2v) is 6.42. The topological polar surface area (TPSA) is 68.5 Å². The van der Waals surface area contributed by atoms with E-state index in [-0.39, 0.29) is 23.2 Å². The van der Waals surface area contributed by atoms with Crippen LogP contribution in [-0.2, 0) is 0 Å². The molecule has 0 aliphatic carbocycles. The first kappa shape index (κ1) is 17.8. The molecule has 0 unspecified atom stereocenters. The predicted octanol–water partition coefficient (Wildman–Crippen LogP) is 4.52. The number of rotatable bonds is 7. The number of furan rings is 1. The molecule has 132 valence electrons. The molecule has 3 rings (SSSR count). The molecule has 1 N–H and O–H groups in total. The lowest BCUT2D eigenvalue weighted by molar-refractivity contribution is 0.0993. The molecule has 0 bridgehead atoms. The van der Waals surface area contributed by atoms with Crippen molar-refractivity contribution in [3.8, 4) is 5.75 Å². The third-order valence-corrected chi connectivity index (χ3v) is 4.61. The van der Waals surface area contributed by atoms with E-state index >= 15 is 0 Å². The third kappa shape index (κ3) is 4.34. The number of amides is 1. The fourth-order valence-electron chi connectivity index (χ4n) is 2.37. The minimum absolute atomic E-state index is 0.0162. The zero-order valence-corrected chi connectivity index (χ0v) is 14.9. The van der Waals surface area contributed by atoms with Crippen molar-refractivity contribution in [3.63, 3.8) is 0 Å². The number of thioether (sulfide) groups is 1. The quantitative estimate of drug-likeness (QED) is 0.491. The average Bonchev–Trinajstić information content (AvgIpc) is 3.21. The van der Waals surface area contributed by atoms with Gasteiger partial charge in [0, 0.05) is 10.6 Å². The van der Waals surface area contributed by atoms with Crippen molar-refractivity contribution in [3.05, 3.63) is 78.3 Å². The van der Waals surface area contributed by atoms with Crippen LogP contribution in [0.15, 0.2) is 76.2 Å². The first-order valence-electron chi connectivity index (χ1n) is 7.91. The lowest BCUT2D eigenvalue weighted by Crippen LogP contribution is -2.10. The summed E-state index contributed by atoms with van der Waals surface area (Å²) in [6.07, 6.45) is 1.45. The molecule has 6 heteroatoms. The maximum absolute atomic E-state index is 12.4. The molecule has 0 saturated heterocycles. The van der Waals surface area contributed by atoms with E-state index in [1.807, 2.05) is 30.3 Å². The highest BCUT2D eigenvalue weighted by atomic mass is 32.2. The van der Waals surface area contributed by atoms with Crippen molar-refractivity contribution < 1.29 is 18.7 Å². The van der Waals surface area contributed by atoms with Crippen LogP contribution in [0.5, 0.6) is 5.75 Å². The number of carbonyl (C=O) groups excluding carboxylic acids is 2. The van der Waals surface area contributed by atoms with E-state index in [9.17, 15) is 9.59 Å². The summed E-state index contributed by atoms with van der Waals surface area (Å²) in [5.74, 6) is 0.752. The molecule has 1 aromatic heterocycles. The van der Waals surface area contributed by atoms with Crippen molar-refractivity contribution in [1.29, 1.82) is 0 Å². The number of hydrogen-bond acceptors (Lipinski definition) is 5. The zero-order chi connectivity index (χ0) is 18.4. The molecular formula is C20H17NO4S. The molecule has 0 fully saturated rings. The van der Waals surface area contributed by atoms with Crippen molar-refractivity contribution in [2.75, 3.05) is 18.2 Å². The van der Waals surface area contributed by atoms with Crippen molar-refractivity contribution in [2.45, 2.75) is 4.90 Å². The first-order chi connectivity index (χ1) is 12.7. The molecule has 0 aliphatic heterocycles. The zero-order valence-electron chi connectivity index (χ0n) is 14.1. The first-order valence-corrected chi connectivity index (χ1v) is 8.90. The number of methoxy groups -OCH3 is 1. The van der Waals surface area contributed by atoms with Crippen molar-refractivity contribution in [1.82, 2.24) is 0 Å². The van der Waals surface area contributed by atoms with Gasteiger partial charge in [0.15, 0.2) is 11.5 Å². The van der Waals surface area contributed by atoms with Gasteiger partial charge in [0.25, 0.3) is 5.91 Å². The van der Waals surface area contributed by atoms with Gasteiger partial charge in [0.05, 0.1) is 24.7 Å². The second kappa shape index (κ2) is 8.40. The molecule has 3 aromatic rings. The number of nitrogens with one attached hydrogen (secondary N) is 1. The number of benzene rings is 2. The van der Waals surface area contributed by atoms with Crippen LogP contribution in [0, 0.1) is 0 Å². The molecule has 0 saturated carbocycles. The van der Waals surface area contributed by atoms with Gasteiger partial charge in [-0.05, 0) is 42.5 Å². The number of carbonyl (C=O) groups is 2. The molecule has 1 heterocycles. The summed E-state index contributed by atoms with van der Waals surface area (Å²) in [7, 11) is 1.55. The SMILES string of the molecule is COc1ccccc1C(=O)CSc1cccc(NC(=O)c2ccco2)c1. The smallest absolute Gasteiger partial charge is 0.291 e. The van der Waals surface area contributed by atoms with E-state index in [0.717, 1.165) is 4.90 Å². The highest BCUT2D eigenvalue weighted by Crippen LogP contribution is 2.25. The minimum Gasteiger partial charge on any atom is -0.496 e. The molecule has 1 amide bonds. The largest absolute Gasteiger partial charge is 0.496 e. The molecule has 0 radical (unpaired) electrons. The number of para-hydroxylation sites is 1. The Morgan fingerprint density at radius 3 is 2.69 bits per heavy atom. The van der Waals surface area contributed by atoms with E-state index in [4.69, 9.17) is 9.15 Å². The summed E-state index contributed by atoms with van der Waals surface area (Å²) in [4.78, 5) is 25.3. The number of hydrogen-bond donors (Lipinski definition) is 1. The van der Waals surface area contributed by atoms with Crippen LogP contribution < -0.4 is 10.1 Å². The van der Waals surface area contributed by atoms with Crippen LogP contribution in [-0.4, -0.2) is 24.6 Å². The number of ether oxygens (including phenoxy) is 1. The molecule has 2 aromatic carbocycles. The Morgan fingerprint density at radius 1 is 1.08 bits per heavy atom. The Kier molecular flexibility index (Phi) is 5.76. The van der Waals surface area contributed by atoms with Gasteiger partial charge in [-0.2, -0.15) is 0 Å². The number of Topliss-reactive ketones (excluding diaryl/α,β-unsaturated/α-hetero) is 1. The van der Waals surface area contributed by atoms with E-state index in [1.165, 1.54) is 18.0 Å². The van der Waals surface area contributed by atoms with Gasteiger partial charge in [-0.15, -0.1) is 11.8 Å². The van der Waals surface area contributed by atoms with E-state index in [1.54, 1.807) is 37.4 Å². The van der Waals surface area contributed by atoms with E-state index in [0.29, 0.717) is 17.0 Å². The van der Waals surface area contributed by atoms with E-state index < -0.39 is 0 Å². The summed E-state index contributed by atoms with van der Waals surface area (Å²) in [6.45, 7) is 0. The third-order valence-electron chi connectivity index (χ3n) is 3.61. The number of ketones is 1. The summed E-state index contributed by atoms with van der Waals surface area (Å²) >= 11 is 1.40. The van der Waals surface area contributed by atoms with Gasteiger partial charge in [0.2, 0.25) is 0 Å². The highest BCUT2D eigenvalue weighted by Gasteiger charge is 2.13. The molecule has 26 heavy (non-hydrogen) atoms. The Hall–Kier alpha value is -2.99. The monoisotopic (exact) mass is 367 g/mol. The van der Waals surface area contributed by atoms with Gasteiger partial charge >= 0.3 is 0 Å². The average molecular weight is 367 g/mol. The normalized spacial score (nSPS) is 10.3. The Morgan fingerprint density at radius 2 is 1.92 bits per heavy atom. The molecule has 0 aliphatic rings. The maximum Gasteiger partial charge on any atom is 0.291 e. The summed E-state index contributed by atoms with van der Waals surface area (Å²) in [5.41, 5.74) is 1.20. The molecule has 0 spiro atoms. The minimum atomic E-state index is -0.317. The Balaban J connectivity index is 1.63. The lowest BCUT2D eigenvalue weighted by Gasteiger charge is -2.08. The van der Waals surface area contributed by atoms with Gasteiger partial charge in [-0.3, -0.25) is 9.59 Å². The van der Waals surface area contributed by atoms with Crippen LogP contribution in [0.2, 0.25) is 0 Å². The van der Waals surface area contributed by atoms with Crippen molar-refractivity contribution >= 4 is 29.1 Å². The fraction of sp³-hybridized carbons (Fsp3) is 0.100. The fourth-order valence-corrected chi connectivity index (χ4v) is 3.20. The predicted molar refractivity (Wildman–Crippen MR) is 101 cm³/mol. The van der Waals surface area contributed by atoms with Gasteiger partial charge in [-0.1, -0.05) is 18.2 Å². The lowest BCUT2D eigenvalue weighted by atomic mass is 10.1.